The smallest absolute Gasteiger partial charge is 0.145 e. The van der Waals surface area contributed by atoms with Crippen LogP contribution in [0.25, 0.3) is 0 Å². The molecule has 0 aliphatic heterocycles. The Hall–Kier alpha value is -0.700. The zero-order valence-corrected chi connectivity index (χ0v) is 10.5. The maximum atomic E-state index is 5.91. The van der Waals surface area contributed by atoms with Gasteiger partial charge < -0.3 is 10.5 Å². The molecule has 1 aromatic carbocycles. The lowest BCUT2D eigenvalue weighted by Gasteiger charge is -2.26. The fourth-order valence-electron chi connectivity index (χ4n) is 1.81. The van der Waals surface area contributed by atoms with Gasteiger partial charge >= 0.3 is 0 Å². The summed E-state index contributed by atoms with van der Waals surface area (Å²) in [4.78, 5) is 0. The lowest BCUT2D eigenvalue weighted by molar-refractivity contribution is 0.180. The van der Waals surface area contributed by atoms with Crippen molar-refractivity contribution in [1.82, 2.24) is 0 Å². The minimum Gasteiger partial charge on any atom is -0.491 e. The van der Waals surface area contributed by atoms with Crippen LogP contribution in [0, 0.1) is 12.8 Å². The monoisotopic (exact) mass is 269 g/mol. The molecule has 1 saturated carbocycles. The number of halogens is 1. The Labute approximate surface area is 98.9 Å². The molecule has 2 N–H and O–H groups in total. The van der Waals surface area contributed by atoms with Crippen LogP contribution in [0.4, 0.5) is 5.69 Å². The minimum atomic E-state index is 0.723. The van der Waals surface area contributed by atoms with Crippen molar-refractivity contribution in [2.45, 2.75) is 26.2 Å². The van der Waals surface area contributed by atoms with Crippen molar-refractivity contribution in [3.8, 4) is 5.75 Å². The minimum absolute atomic E-state index is 0.723. The number of hydrogen-bond donors (Lipinski definition) is 1. The summed E-state index contributed by atoms with van der Waals surface area (Å²) in [7, 11) is 0. The molecule has 82 valence electrons. The molecule has 0 spiro atoms. The number of ether oxygens (including phenoxy) is 1. The Morgan fingerprint density at radius 3 is 2.73 bits per heavy atom. The van der Waals surface area contributed by atoms with Crippen molar-refractivity contribution in [3.05, 3.63) is 22.2 Å². The molecule has 2 nitrogen and oxygen atoms in total. The Kier molecular flexibility index (Phi) is 3.19. The van der Waals surface area contributed by atoms with Gasteiger partial charge in [-0.2, -0.15) is 0 Å². The first kappa shape index (κ1) is 10.8. The highest BCUT2D eigenvalue weighted by molar-refractivity contribution is 9.10. The third kappa shape index (κ3) is 2.46. The van der Waals surface area contributed by atoms with E-state index in [9.17, 15) is 0 Å². The Morgan fingerprint density at radius 2 is 2.20 bits per heavy atom. The quantitative estimate of drug-likeness (QED) is 0.853. The largest absolute Gasteiger partial charge is 0.491 e. The summed E-state index contributed by atoms with van der Waals surface area (Å²) in [5.74, 6) is 1.59. The van der Waals surface area contributed by atoms with Gasteiger partial charge in [0.1, 0.15) is 5.75 Å². The molecule has 0 radical (unpaired) electrons. The van der Waals surface area contributed by atoms with Crippen molar-refractivity contribution in [1.29, 1.82) is 0 Å². The van der Waals surface area contributed by atoms with Gasteiger partial charge in [-0.05, 0) is 43.4 Å². The number of rotatable bonds is 3. The average molecular weight is 270 g/mol. The van der Waals surface area contributed by atoms with E-state index in [-0.39, 0.29) is 0 Å². The maximum absolute atomic E-state index is 5.91. The number of nitrogens with two attached hydrogens (primary N) is 1. The van der Waals surface area contributed by atoms with E-state index in [1.54, 1.807) is 0 Å². The molecule has 2 rings (SSSR count). The van der Waals surface area contributed by atoms with Crippen LogP contribution in [0.3, 0.4) is 0 Å². The van der Waals surface area contributed by atoms with E-state index in [0.717, 1.165) is 34.0 Å². The van der Waals surface area contributed by atoms with E-state index in [0.29, 0.717) is 0 Å². The van der Waals surface area contributed by atoms with Crippen molar-refractivity contribution in [3.63, 3.8) is 0 Å². The Morgan fingerprint density at radius 1 is 1.47 bits per heavy atom. The molecule has 1 aliphatic rings. The average Bonchev–Trinajstić information content (AvgIpc) is 2.06. The van der Waals surface area contributed by atoms with Crippen LogP contribution < -0.4 is 10.5 Å². The first-order valence-electron chi connectivity index (χ1n) is 5.35. The lowest BCUT2D eigenvalue weighted by Crippen LogP contribution is -2.19. The highest BCUT2D eigenvalue weighted by atomic mass is 79.9. The lowest BCUT2D eigenvalue weighted by atomic mass is 9.86. The summed E-state index contributed by atoms with van der Waals surface area (Å²) in [6.45, 7) is 2.84. The third-order valence-corrected chi connectivity index (χ3v) is 3.41. The molecule has 0 aromatic heterocycles. The standard InChI is InChI=1S/C12H16BrNO/c1-8-5-10(13)6-11(14)12(8)15-7-9-3-2-4-9/h5-6,9H,2-4,7,14H2,1H3. The zero-order chi connectivity index (χ0) is 10.8. The number of anilines is 1. The van der Waals surface area contributed by atoms with E-state index in [1.807, 2.05) is 19.1 Å². The fraction of sp³-hybridized carbons (Fsp3) is 0.500. The first-order chi connectivity index (χ1) is 7.16. The van der Waals surface area contributed by atoms with E-state index in [4.69, 9.17) is 10.5 Å². The normalized spacial score (nSPS) is 16.1. The molecule has 0 saturated heterocycles. The van der Waals surface area contributed by atoms with Gasteiger partial charge in [0.15, 0.2) is 0 Å². The van der Waals surface area contributed by atoms with E-state index in [2.05, 4.69) is 15.9 Å². The van der Waals surface area contributed by atoms with Crippen LogP contribution in [-0.2, 0) is 0 Å². The number of benzene rings is 1. The summed E-state index contributed by atoms with van der Waals surface area (Å²) < 4.78 is 6.79. The third-order valence-electron chi connectivity index (χ3n) is 2.96. The maximum Gasteiger partial charge on any atom is 0.145 e. The number of nitrogen functional groups attached to an aromatic ring is 1. The molecule has 0 unspecified atom stereocenters. The summed E-state index contributed by atoms with van der Waals surface area (Å²) in [5.41, 5.74) is 7.73. The Balaban J connectivity index is 2.05. The highest BCUT2D eigenvalue weighted by Crippen LogP contribution is 2.32. The van der Waals surface area contributed by atoms with Gasteiger partial charge in [0.2, 0.25) is 0 Å². The van der Waals surface area contributed by atoms with E-state index >= 15 is 0 Å². The van der Waals surface area contributed by atoms with E-state index < -0.39 is 0 Å². The summed E-state index contributed by atoms with van der Waals surface area (Å²) in [6.07, 6.45) is 3.95. The van der Waals surface area contributed by atoms with Gasteiger partial charge in [0, 0.05) is 4.47 Å². The molecule has 1 fully saturated rings. The molecule has 15 heavy (non-hydrogen) atoms. The second kappa shape index (κ2) is 4.44. The van der Waals surface area contributed by atoms with Gasteiger partial charge in [-0.1, -0.05) is 22.4 Å². The molecule has 0 atom stereocenters. The predicted molar refractivity (Wildman–Crippen MR) is 66.1 cm³/mol. The van der Waals surface area contributed by atoms with Crippen molar-refractivity contribution >= 4 is 21.6 Å². The second-order valence-electron chi connectivity index (χ2n) is 4.25. The summed E-state index contributed by atoms with van der Waals surface area (Å²) in [6, 6.07) is 3.93. The molecule has 3 heteroatoms. The van der Waals surface area contributed by atoms with Crippen LogP contribution in [0.2, 0.25) is 0 Å². The van der Waals surface area contributed by atoms with Gasteiger partial charge in [-0.3, -0.25) is 0 Å². The van der Waals surface area contributed by atoms with Gasteiger partial charge in [-0.25, -0.2) is 0 Å². The SMILES string of the molecule is Cc1cc(Br)cc(N)c1OCC1CCC1. The van der Waals surface area contributed by atoms with Crippen LogP contribution in [0.1, 0.15) is 24.8 Å². The van der Waals surface area contributed by atoms with Crippen molar-refractivity contribution in [2.24, 2.45) is 5.92 Å². The zero-order valence-electron chi connectivity index (χ0n) is 8.92. The predicted octanol–water partition coefficient (Wildman–Crippen LogP) is 3.52. The van der Waals surface area contributed by atoms with Crippen LogP contribution in [0.5, 0.6) is 5.75 Å². The molecule has 1 aliphatic carbocycles. The van der Waals surface area contributed by atoms with Gasteiger partial charge in [-0.15, -0.1) is 0 Å². The molecule has 0 bridgehead atoms. The number of hydrogen-bond acceptors (Lipinski definition) is 2. The van der Waals surface area contributed by atoms with Gasteiger partial charge in [0.05, 0.1) is 12.3 Å². The Bertz CT molecular complexity index is 338. The highest BCUT2D eigenvalue weighted by Gasteiger charge is 2.18. The molecule has 0 amide bonds. The molecule has 0 heterocycles. The topological polar surface area (TPSA) is 35.2 Å². The summed E-state index contributed by atoms with van der Waals surface area (Å²) in [5, 5.41) is 0. The van der Waals surface area contributed by atoms with E-state index in [1.165, 1.54) is 19.3 Å². The van der Waals surface area contributed by atoms with Crippen molar-refractivity contribution in [2.75, 3.05) is 12.3 Å². The van der Waals surface area contributed by atoms with Gasteiger partial charge in [0.25, 0.3) is 0 Å². The van der Waals surface area contributed by atoms with Crippen molar-refractivity contribution < 1.29 is 4.74 Å². The van der Waals surface area contributed by atoms with Crippen LogP contribution in [0.15, 0.2) is 16.6 Å². The fourth-order valence-corrected chi connectivity index (χ4v) is 2.40. The van der Waals surface area contributed by atoms with Crippen LogP contribution >= 0.6 is 15.9 Å². The summed E-state index contributed by atoms with van der Waals surface area (Å²) >= 11 is 3.42. The molecular weight excluding hydrogens is 254 g/mol. The molecular formula is C12H16BrNO. The first-order valence-corrected chi connectivity index (χ1v) is 6.14. The van der Waals surface area contributed by atoms with Crippen LogP contribution in [-0.4, -0.2) is 6.61 Å². The molecule has 1 aromatic rings. The second-order valence-corrected chi connectivity index (χ2v) is 5.16. The number of aryl methyl sites for hydroxylation is 1.